The molecule has 2 amide bonds. The van der Waals surface area contributed by atoms with Gasteiger partial charge in [-0.2, -0.15) is 0 Å². The zero-order valence-electron chi connectivity index (χ0n) is 13.3. The largest absolute Gasteiger partial charge is 0.352 e. The van der Waals surface area contributed by atoms with Crippen LogP contribution in [-0.2, 0) is 0 Å². The minimum atomic E-state index is -0.262. The molecule has 0 unspecified atom stereocenters. The number of urea groups is 1. The van der Waals surface area contributed by atoms with Crippen LogP contribution in [0.3, 0.4) is 0 Å². The van der Waals surface area contributed by atoms with Crippen LogP contribution in [0.2, 0.25) is 0 Å². The molecular formula is C17H20FN5O. The Labute approximate surface area is 140 Å². The van der Waals surface area contributed by atoms with Crippen molar-refractivity contribution in [1.29, 1.82) is 0 Å². The number of amides is 2. The van der Waals surface area contributed by atoms with Crippen molar-refractivity contribution < 1.29 is 9.18 Å². The van der Waals surface area contributed by atoms with E-state index in [2.05, 4.69) is 20.6 Å². The summed E-state index contributed by atoms with van der Waals surface area (Å²) in [6, 6.07) is 8.03. The summed E-state index contributed by atoms with van der Waals surface area (Å²) in [4.78, 5) is 22.3. The molecule has 1 fully saturated rings. The first-order valence-corrected chi connectivity index (χ1v) is 8.05. The Bertz CT molecular complexity index is 664. The molecule has 1 saturated heterocycles. The number of hydrogen-bond donors (Lipinski definition) is 2. The molecule has 6 nitrogen and oxygen atoms in total. The fraction of sp³-hybridized carbons (Fsp3) is 0.353. The summed E-state index contributed by atoms with van der Waals surface area (Å²) in [6.07, 6.45) is 5.16. The van der Waals surface area contributed by atoms with Gasteiger partial charge in [0.2, 0.25) is 5.95 Å². The third-order valence-corrected chi connectivity index (χ3v) is 4.02. The van der Waals surface area contributed by atoms with Crippen LogP contribution in [0.5, 0.6) is 0 Å². The van der Waals surface area contributed by atoms with Gasteiger partial charge in [0.15, 0.2) is 0 Å². The molecule has 1 aliphatic heterocycles. The van der Waals surface area contributed by atoms with E-state index in [9.17, 15) is 9.18 Å². The summed E-state index contributed by atoms with van der Waals surface area (Å²) >= 11 is 0. The van der Waals surface area contributed by atoms with E-state index in [0.29, 0.717) is 25.6 Å². The number of carbonyl (C=O) groups excluding carboxylic acids is 1. The van der Waals surface area contributed by atoms with Crippen molar-refractivity contribution in [3.63, 3.8) is 0 Å². The van der Waals surface area contributed by atoms with Crippen LogP contribution in [0.15, 0.2) is 42.7 Å². The Hall–Kier alpha value is -2.70. The highest BCUT2D eigenvalue weighted by Crippen LogP contribution is 2.31. The molecule has 7 heteroatoms. The highest BCUT2D eigenvalue weighted by atomic mass is 19.1. The van der Waals surface area contributed by atoms with Gasteiger partial charge in [-0.1, -0.05) is 12.1 Å². The fourth-order valence-corrected chi connectivity index (χ4v) is 2.88. The summed E-state index contributed by atoms with van der Waals surface area (Å²) in [5.41, 5.74) is 0.972. The van der Waals surface area contributed by atoms with Gasteiger partial charge in [0.25, 0.3) is 0 Å². The first kappa shape index (κ1) is 16.2. The number of rotatable bonds is 5. The Kier molecular flexibility index (Phi) is 5.20. The SMILES string of the molecule is O=C(NCCNc1ncccn1)N1CCC[C@@H]1c1ccc(F)cc1. The Morgan fingerprint density at radius 2 is 1.96 bits per heavy atom. The van der Waals surface area contributed by atoms with Crippen LogP contribution >= 0.6 is 0 Å². The third-order valence-electron chi connectivity index (χ3n) is 4.02. The maximum Gasteiger partial charge on any atom is 0.317 e. The van der Waals surface area contributed by atoms with E-state index in [0.717, 1.165) is 18.4 Å². The lowest BCUT2D eigenvalue weighted by atomic mass is 10.0. The molecule has 2 aromatic rings. The van der Waals surface area contributed by atoms with Gasteiger partial charge in [0.05, 0.1) is 6.04 Å². The molecule has 126 valence electrons. The number of nitrogens with zero attached hydrogens (tertiary/aromatic N) is 3. The molecule has 3 rings (SSSR count). The molecule has 2 N–H and O–H groups in total. The van der Waals surface area contributed by atoms with Gasteiger partial charge in [-0.25, -0.2) is 19.2 Å². The number of carbonyl (C=O) groups is 1. The first-order chi connectivity index (χ1) is 11.7. The predicted molar refractivity (Wildman–Crippen MR) is 89.0 cm³/mol. The number of hydrogen-bond acceptors (Lipinski definition) is 4. The number of benzene rings is 1. The van der Waals surface area contributed by atoms with Crippen LogP contribution in [0.4, 0.5) is 15.1 Å². The van der Waals surface area contributed by atoms with Crippen LogP contribution < -0.4 is 10.6 Å². The molecule has 1 aromatic heterocycles. The van der Waals surface area contributed by atoms with E-state index in [1.165, 1.54) is 12.1 Å². The van der Waals surface area contributed by atoms with Gasteiger partial charge in [-0.05, 0) is 36.6 Å². The van der Waals surface area contributed by atoms with E-state index >= 15 is 0 Å². The van der Waals surface area contributed by atoms with Gasteiger partial charge in [-0.3, -0.25) is 0 Å². The van der Waals surface area contributed by atoms with Crippen molar-refractivity contribution in [2.24, 2.45) is 0 Å². The maximum atomic E-state index is 13.1. The first-order valence-electron chi connectivity index (χ1n) is 8.05. The van der Waals surface area contributed by atoms with Gasteiger partial charge >= 0.3 is 6.03 Å². The summed E-state index contributed by atoms with van der Waals surface area (Å²) in [5.74, 6) is 0.277. The number of anilines is 1. The second kappa shape index (κ2) is 7.72. The lowest BCUT2D eigenvalue weighted by Gasteiger charge is -2.25. The molecule has 0 radical (unpaired) electrons. The number of halogens is 1. The average molecular weight is 329 g/mol. The molecule has 0 saturated carbocycles. The predicted octanol–water partition coefficient (Wildman–Crippen LogP) is 2.57. The highest BCUT2D eigenvalue weighted by Gasteiger charge is 2.29. The van der Waals surface area contributed by atoms with Gasteiger partial charge in [0, 0.05) is 32.0 Å². The second-order valence-corrected chi connectivity index (χ2v) is 5.63. The second-order valence-electron chi connectivity index (χ2n) is 5.63. The molecule has 1 atom stereocenters. The smallest absolute Gasteiger partial charge is 0.317 e. The van der Waals surface area contributed by atoms with Crippen LogP contribution in [-0.4, -0.2) is 40.5 Å². The normalized spacial score (nSPS) is 16.9. The minimum Gasteiger partial charge on any atom is -0.352 e. The molecule has 2 heterocycles. The van der Waals surface area contributed by atoms with Crippen molar-refractivity contribution in [1.82, 2.24) is 20.2 Å². The van der Waals surface area contributed by atoms with Crippen molar-refractivity contribution in [3.05, 3.63) is 54.1 Å². The van der Waals surface area contributed by atoms with Crippen molar-refractivity contribution in [2.45, 2.75) is 18.9 Å². The lowest BCUT2D eigenvalue weighted by Crippen LogP contribution is -2.41. The summed E-state index contributed by atoms with van der Waals surface area (Å²) in [5, 5.41) is 5.94. The van der Waals surface area contributed by atoms with Gasteiger partial charge in [-0.15, -0.1) is 0 Å². The monoisotopic (exact) mass is 329 g/mol. The number of likely N-dealkylation sites (tertiary alicyclic amines) is 1. The van der Waals surface area contributed by atoms with E-state index in [4.69, 9.17) is 0 Å². The van der Waals surface area contributed by atoms with E-state index in [1.54, 1.807) is 30.6 Å². The standard InChI is InChI=1S/C17H20FN5O/c18-14-6-4-13(5-7-14)15-3-1-12-23(15)17(24)22-11-10-21-16-19-8-2-9-20-16/h2,4-9,15H,1,3,10-12H2,(H,22,24)(H,19,20,21)/t15-/m1/s1. The van der Waals surface area contributed by atoms with E-state index < -0.39 is 0 Å². The van der Waals surface area contributed by atoms with Crippen LogP contribution in [0.25, 0.3) is 0 Å². The summed E-state index contributed by atoms with van der Waals surface area (Å²) in [6.45, 7) is 1.73. The Balaban J connectivity index is 1.49. The maximum absolute atomic E-state index is 13.1. The van der Waals surface area contributed by atoms with Gasteiger partial charge < -0.3 is 15.5 Å². The highest BCUT2D eigenvalue weighted by molar-refractivity contribution is 5.75. The zero-order valence-corrected chi connectivity index (χ0v) is 13.3. The summed E-state index contributed by atoms with van der Waals surface area (Å²) in [7, 11) is 0. The molecular weight excluding hydrogens is 309 g/mol. The molecule has 1 aliphatic rings. The van der Waals surface area contributed by atoms with Crippen LogP contribution in [0.1, 0.15) is 24.4 Å². The van der Waals surface area contributed by atoms with Crippen molar-refractivity contribution in [3.8, 4) is 0 Å². The van der Waals surface area contributed by atoms with Gasteiger partial charge in [0.1, 0.15) is 5.82 Å². The molecule has 0 bridgehead atoms. The molecule has 0 aliphatic carbocycles. The molecule has 24 heavy (non-hydrogen) atoms. The van der Waals surface area contributed by atoms with Crippen molar-refractivity contribution >= 4 is 12.0 Å². The van der Waals surface area contributed by atoms with Crippen molar-refractivity contribution in [2.75, 3.05) is 25.0 Å². The lowest BCUT2D eigenvalue weighted by molar-refractivity contribution is 0.193. The third kappa shape index (κ3) is 3.98. The quantitative estimate of drug-likeness (QED) is 0.827. The van der Waals surface area contributed by atoms with E-state index in [1.807, 2.05) is 4.90 Å². The number of nitrogens with one attached hydrogen (secondary N) is 2. The minimum absolute atomic E-state index is 0.0102. The number of aromatic nitrogens is 2. The Morgan fingerprint density at radius 3 is 2.71 bits per heavy atom. The average Bonchev–Trinajstić information content (AvgIpc) is 3.10. The molecule has 1 aromatic carbocycles. The van der Waals surface area contributed by atoms with E-state index in [-0.39, 0.29) is 17.9 Å². The Morgan fingerprint density at radius 1 is 1.21 bits per heavy atom. The molecule has 0 spiro atoms. The summed E-state index contributed by atoms with van der Waals surface area (Å²) < 4.78 is 13.1. The fourth-order valence-electron chi connectivity index (χ4n) is 2.88. The zero-order chi connectivity index (χ0) is 16.8. The van der Waals surface area contributed by atoms with Crippen LogP contribution in [0, 0.1) is 5.82 Å². The topological polar surface area (TPSA) is 70.1 Å².